The van der Waals surface area contributed by atoms with E-state index >= 15 is 0 Å². The fraction of sp³-hybridized carbons (Fsp3) is 0.212. The number of methoxy groups -OCH3 is 1. The first-order valence-electron chi connectivity index (χ1n) is 13.3. The second-order valence-electron chi connectivity index (χ2n) is 9.87. The van der Waals surface area contributed by atoms with Gasteiger partial charge in [0.05, 0.1) is 29.9 Å². The number of allylic oxidation sites excluding steroid dienone is 4. The van der Waals surface area contributed by atoms with E-state index in [4.69, 9.17) is 14.7 Å². The van der Waals surface area contributed by atoms with Crippen molar-refractivity contribution in [2.45, 2.75) is 40.5 Å². The van der Waals surface area contributed by atoms with Crippen LogP contribution in [-0.4, -0.2) is 27.0 Å². The third-order valence-electron chi connectivity index (χ3n) is 7.67. The maximum Gasteiger partial charge on any atom is 0.118 e. The van der Waals surface area contributed by atoms with E-state index < -0.39 is 0 Å². The Morgan fingerprint density at radius 3 is 1.56 bits per heavy atom. The first kappa shape index (κ1) is 26.7. The minimum absolute atomic E-state index is 0. The van der Waals surface area contributed by atoms with Crippen molar-refractivity contribution in [1.82, 2.24) is 19.9 Å². The molecule has 6 rings (SSSR count). The Morgan fingerprint density at radius 1 is 0.641 bits per heavy atom. The molecule has 2 aliphatic rings. The van der Waals surface area contributed by atoms with Crippen LogP contribution in [0.3, 0.4) is 0 Å². The fourth-order valence-electron chi connectivity index (χ4n) is 5.59. The molecule has 8 bridgehead atoms. The molecule has 1 aromatic carbocycles. The van der Waals surface area contributed by atoms with Crippen molar-refractivity contribution in [2.24, 2.45) is 0 Å². The van der Waals surface area contributed by atoms with Crippen LogP contribution in [0.2, 0.25) is 0 Å². The Kier molecular flexibility index (Phi) is 7.33. The molecule has 3 aromatic heterocycles. The van der Waals surface area contributed by atoms with E-state index in [1.165, 1.54) is 22.3 Å². The number of hydrogen-bond acceptors (Lipinski definition) is 3. The van der Waals surface area contributed by atoms with Gasteiger partial charge in [-0.1, -0.05) is 26.0 Å². The van der Waals surface area contributed by atoms with E-state index in [0.717, 1.165) is 74.6 Å². The van der Waals surface area contributed by atoms with Crippen LogP contribution in [0.15, 0.2) is 66.7 Å². The smallest absolute Gasteiger partial charge is 0.118 e. The Balaban J connectivity index is 0.00000308. The average molecular weight is 559 g/mol. The molecular formula is C33H32N4NiO. The maximum atomic E-state index is 5.41. The molecule has 0 unspecified atom stereocenters. The number of hydrogen-bond donors (Lipinski definition) is 2. The monoisotopic (exact) mass is 558 g/mol. The van der Waals surface area contributed by atoms with Gasteiger partial charge in [0, 0.05) is 44.1 Å². The summed E-state index contributed by atoms with van der Waals surface area (Å²) in [6, 6.07) is 23.2. The van der Waals surface area contributed by atoms with Crippen LogP contribution in [0, 0.1) is 0 Å². The number of ether oxygens (including phenoxy) is 1. The predicted octanol–water partition coefficient (Wildman–Crippen LogP) is 8.67. The normalized spacial score (nSPS) is 13.1. The third-order valence-corrected chi connectivity index (χ3v) is 7.67. The molecule has 0 radical (unpaired) electrons. The van der Waals surface area contributed by atoms with E-state index in [2.05, 4.69) is 92.3 Å². The largest absolute Gasteiger partial charge is 0.497 e. The van der Waals surface area contributed by atoms with Gasteiger partial charge in [-0.15, -0.1) is 0 Å². The number of nitrogens with zero attached hydrogens (tertiary/aromatic N) is 2. The molecule has 39 heavy (non-hydrogen) atoms. The summed E-state index contributed by atoms with van der Waals surface area (Å²) in [5, 5.41) is 0. The summed E-state index contributed by atoms with van der Waals surface area (Å²) in [6.07, 6.45) is 1.85. The first-order chi connectivity index (χ1) is 18.5. The van der Waals surface area contributed by atoms with Gasteiger partial charge in [-0.25, -0.2) is 9.97 Å². The van der Waals surface area contributed by atoms with Gasteiger partial charge in [0.2, 0.25) is 0 Å². The molecule has 200 valence electrons. The van der Waals surface area contributed by atoms with E-state index in [1.54, 1.807) is 7.11 Å². The zero-order valence-corrected chi connectivity index (χ0v) is 23.9. The Morgan fingerprint density at radius 2 is 1.13 bits per heavy atom. The van der Waals surface area contributed by atoms with Crippen LogP contribution in [0.5, 0.6) is 5.75 Å². The van der Waals surface area contributed by atoms with Crippen LogP contribution >= 0.6 is 0 Å². The summed E-state index contributed by atoms with van der Waals surface area (Å²) in [4.78, 5) is 17.5. The zero-order chi connectivity index (χ0) is 26.4. The summed E-state index contributed by atoms with van der Waals surface area (Å²) in [6.45, 7) is 8.74. The van der Waals surface area contributed by atoms with E-state index in [9.17, 15) is 0 Å². The van der Waals surface area contributed by atoms with Crippen LogP contribution in [0.1, 0.15) is 63.3 Å². The predicted molar refractivity (Wildman–Crippen MR) is 159 cm³/mol. The molecule has 5 heterocycles. The van der Waals surface area contributed by atoms with Crippen molar-refractivity contribution in [1.29, 1.82) is 0 Å². The molecular weight excluding hydrogens is 527 g/mol. The minimum Gasteiger partial charge on any atom is -0.497 e. The number of aromatic nitrogens is 4. The fourth-order valence-corrected chi connectivity index (χ4v) is 5.59. The number of H-pyrrole nitrogens is 2. The number of nitrogens with one attached hydrogen (secondary N) is 2. The van der Waals surface area contributed by atoms with E-state index in [-0.39, 0.29) is 16.5 Å². The van der Waals surface area contributed by atoms with Crippen LogP contribution in [0.4, 0.5) is 0 Å². The van der Waals surface area contributed by atoms with Gasteiger partial charge in [-0.05, 0) is 109 Å². The molecule has 4 aromatic rings. The molecule has 2 aliphatic heterocycles. The molecule has 6 heteroatoms. The second-order valence-corrected chi connectivity index (χ2v) is 9.87. The summed E-state index contributed by atoms with van der Waals surface area (Å²) in [5.41, 5.74) is 15.3. The van der Waals surface area contributed by atoms with Crippen molar-refractivity contribution in [3.8, 4) is 16.9 Å². The summed E-state index contributed by atoms with van der Waals surface area (Å²) in [7, 11) is 1.69. The van der Waals surface area contributed by atoms with Crippen LogP contribution in [-0.2, 0) is 16.5 Å². The van der Waals surface area contributed by atoms with Gasteiger partial charge < -0.3 is 14.7 Å². The maximum absolute atomic E-state index is 5.41. The molecule has 0 aliphatic carbocycles. The van der Waals surface area contributed by atoms with Crippen molar-refractivity contribution in [2.75, 3.05) is 7.11 Å². The molecule has 0 fully saturated rings. The molecule has 0 spiro atoms. The number of benzene rings is 1. The number of rotatable bonds is 4. The van der Waals surface area contributed by atoms with Gasteiger partial charge in [0.1, 0.15) is 5.75 Å². The summed E-state index contributed by atoms with van der Waals surface area (Å²) >= 11 is 0. The van der Waals surface area contributed by atoms with E-state index in [0.29, 0.717) is 0 Å². The Labute approximate surface area is 239 Å². The van der Waals surface area contributed by atoms with Crippen LogP contribution in [0.25, 0.3) is 55.5 Å². The van der Waals surface area contributed by atoms with Crippen molar-refractivity contribution < 1.29 is 21.2 Å². The standard InChI is InChI=1S/C33H32N4O.Ni/c1-6-25-19(3)29-16-22-10-14-27(34-22)33(21-8-12-24(38-5)13-9-21)28-15-11-23(35-28)17-30-20(4)26(7-2)32(37-30)18-31(25)36-29;/h8-18,34-35H,6-7H2,1-5H3;. The quantitative estimate of drug-likeness (QED) is 0.246. The zero-order valence-electron chi connectivity index (χ0n) is 22.9. The average Bonchev–Trinajstić information content (AvgIpc) is 3.69. The molecule has 2 N–H and O–H groups in total. The van der Waals surface area contributed by atoms with Crippen molar-refractivity contribution in [3.63, 3.8) is 0 Å². The molecule has 0 saturated heterocycles. The molecule has 5 nitrogen and oxygen atoms in total. The molecule has 0 saturated carbocycles. The van der Waals surface area contributed by atoms with Gasteiger partial charge in [0.25, 0.3) is 0 Å². The second kappa shape index (κ2) is 10.7. The minimum atomic E-state index is 0. The van der Waals surface area contributed by atoms with Gasteiger partial charge in [-0.3, -0.25) is 0 Å². The summed E-state index contributed by atoms with van der Waals surface area (Å²) < 4.78 is 5.41. The van der Waals surface area contributed by atoms with E-state index in [1.807, 2.05) is 12.1 Å². The topological polar surface area (TPSA) is 66.6 Å². The van der Waals surface area contributed by atoms with Crippen molar-refractivity contribution in [3.05, 3.63) is 89.5 Å². The van der Waals surface area contributed by atoms with Crippen LogP contribution < -0.4 is 4.74 Å². The van der Waals surface area contributed by atoms with Crippen molar-refractivity contribution >= 4 is 44.4 Å². The number of aromatic amines is 2. The van der Waals surface area contributed by atoms with Gasteiger partial charge in [0.15, 0.2) is 0 Å². The van der Waals surface area contributed by atoms with Gasteiger partial charge in [-0.2, -0.15) is 0 Å². The third kappa shape index (κ3) is 4.74. The SMILES string of the molecule is CCC1=C(C)c2cc3ccc([nH]3)c(-c3ccc(OC)cc3)c3ccc(cc4nc(cc1n2)C(CC)=C4C)[nH]3.[Ni]. The first-order valence-corrected chi connectivity index (χ1v) is 13.3. The molecule has 0 atom stereocenters. The Bertz CT molecular complexity index is 1680. The number of fused-ring (bicyclic) bond motifs is 8. The summed E-state index contributed by atoms with van der Waals surface area (Å²) in [5.74, 6) is 0.834. The molecule has 0 amide bonds. The Hall–Kier alpha value is -3.89. The van der Waals surface area contributed by atoms with Gasteiger partial charge >= 0.3 is 0 Å².